The third-order valence-corrected chi connectivity index (χ3v) is 5.46. The molecule has 1 N–H and O–H groups in total. The van der Waals surface area contributed by atoms with E-state index in [2.05, 4.69) is 12.1 Å². The van der Waals surface area contributed by atoms with Crippen LogP contribution in [0.25, 0.3) is 0 Å². The van der Waals surface area contributed by atoms with Gasteiger partial charge >= 0.3 is 0 Å². The maximum absolute atomic E-state index is 12.5. The van der Waals surface area contributed by atoms with Crippen molar-refractivity contribution >= 4 is 5.91 Å². The number of carbonyl (C=O) groups is 1. The van der Waals surface area contributed by atoms with Gasteiger partial charge in [0.15, 0.2) is 11.5 Å². The van der Waals surface area contributed by atoms with Crippen LogP contribution >= 0.6 is 0 Å². The van der Waals surface area contributed by atoms with Crippen LogP contribution in [0.5, 0.6) is 17.2 Å². The highest BCUT2D eigenvalue weighted by molar-refractivity contribution is 5.76. The minimum absolute atomic E-state index is 0.103. The van der Waals surface area contributed by atoms with Crippen molar-refractivity contribution in [3.8, 4) is 17.2 Å². The molecule has 1 aliphatic rings. The van der Waals surface area contributed by atoms with Crippen LogP contribution in [0.1, 0.15) is 31.2 Å². The number of hydrogen-bond donors (Lipinski definition) is 1. The summed E-state index contributed by atoms with van der Waals surface area (Å²) in [6.45, 7) is 0.891. The number of ether oxygens (including phenoxy) is 3. The zero-order valence-corrected chi connectivity index (χ0v) is 17.8. The second kappa shape index (κ2) is 10.9. The first-order valence-electron chi connectivity index (χ1n) is 10.5. The summed E-state index contributed by atoms with van der Waals surface area (Å²) in [5.74, 6) is 1.91. The Labute approximate surface area is 178 Å². The minimum atomic E-state index is -0.722. The lowest BCUT2D eigenvalue weighted by molar-refractivity contribution is -0.137. The number of β-amino-alcohol motifs (C(OH)–C–C–N with tert-alkyl or cyclic N) is 1. The molecule has 0 radical (unpaired) electrons. The molecule has 1 aliphatic heterocycles. The maximum atomic E-state index is 12.5. The number of aryl methyl sites for hydroxylation is 1. The average molecular weight is 414 g/mol. The molecule has 0 aliphatic carbocycles. The second-order valence-electron chi connectivity index (χ2n) is 7.56. The van der Waals surface area contributed by atoms with Gasteiger partial charge in [0.05, 0.1) is 20.8 Å². The Morgan fingerprint density at radius 2 is 1.83 bits per heavy atom. The van der Waals surface area contributed by atoms with E-state index in [-0.39, 0.29) is 12.0 Å². The Kier molecular flexibility index (Phi) is 7.97. The molecule has 1 fully saturated rings. The van der Waals surface area contributed by atoms with Crippen LogP contribution in [-0.2, 0) is 11.2 Å². The van der Waals surface area contributed by atoms with Crippen molar-refractivity contribution in [2.75, 3.05) is 27.3 Å². The molecule has 0 spiro atoms. The molecule has 3 rings (SSSR count). The summed E-state index contributed by atoms with van der Waals surface area (Å²) in [6, 6.07) is 15.6. The molecule has 1 amide bonds. The van der Waals surface area contributed by atoms with Gasteiger partial charge in [-0.1, -0.05) is 30.3 Å². The van der Waals surface area contributed by atoms with E-state index in [1.807, 2.05) is 18.2 Å². The predicted molar refractivity (Wildman–Crippen MR) is 115 cm³/mol. The molecule has 30 heavy (non-hydrogen) atoms. The molecule has 0 aromatic heterocycles. The summed E-state index contributed by atoms with van der Waals surface area (Å²) in [5, 5.41) is 10.5. The Morgan fingerprint density at radius 1 is 1.07 bits per heavy atom. The molecule has 6 heteroatoms. The number of aliphatic hydroxyl groups excluding tert-OH is 1. The summed E-state index contributed by atoms with van der Waals surface area (Å²) in [7, 11) is 3.15. The van der Waals surface area contributed by atoms with Crippen molar-refractivity contribution in [1.82, 2.24) is 4.90 Å². The predicted octanol–water partition coefficient (Wildman–Crippen LogP) is 3.46. The molecule has 162 valence electrons. The second-order valence-corrected chi connectivity index (χ2v) is 7.56. The van der Waals surface area contributed by atoms with Crippen LogP contribution in [0, 0.1) is 0 Å². The third-order valence-electron chi connectivity index (χ3n) is 5.46. The van der Waals surface area contributed by atoms with Gasteiger partial charge in [-0.15, -0.1) is 0 Å². The fraction of sp³-hybridized carbons (Fsp3) is 0.458. The SMILES string of the molecule is COc1ccc(O[C@@H]2CCN(C(=O)CCCCc3ccccc3)C[C@H]2O)cc1OC. The summed E-state index contributed by atoms with van der Waals surface area (Å²) < 4.78 is 16.5. The number of amides is 1. The van der Waals surface area contributed by atoms with Crippen LogP contribution < -0.4 is 14.2 Å². The van der Waals surface area contributed by atoms with Crippen molar-refractivity contribution in [3.63, 3.8) is 0 Å². The minimum Gasteiger partial charge on any atom is -0.493 e. The van der Waals surface area contributed by atoms with Crippen LogP contribution in [0.4, 0.5) is 0 Å². The lowest BCUT2D eigenvalue weighted by atomic mass is 10.0. The lowest BCUT2D eigenvalue weighted by Crippen LogP contribution is -2.51. The van der Waals surface area contributed by atoms with Crippen molar-refractivity contribution < 1.29 is 24.1 Å². The highest BCUT2D eigenvalue weighted by atomic mass is 16.5. The lowest BCUT2D eigenvalue weighted by Gasteiger charge is -2.36. The summed E-state index contributed by atoms with van der Waals surface area (Å²) >= 11 is 0. The zero-order valence-electron chi connectivity index (χ0n) is 17.8. The molecule has 6 nitrogen and oxygen atoms in total. The number of benzene rings is 2. The quantitative estimate of drug-likeness (QED) is 0.638. The molecule has 1 heterocycles. The van der Waals surface area contributed by atoms with E-state index >= 15 is 0 Å². The van der Waals surface area contributed by atoms with E-state index in [1.165, 1.54) is 5.56 Å². The molecule has 2 aromatic rings. The van der Waals surface area contributed by atoms with Crippen molar-refractivity contribution in [2.45, 2.75) is 44.3 Å². The van der Waals surface area contributed by atoms with Crippen molar-refractivity contribution in [1.29, 1.82) is 0 Å². The van der Waals surface area contributed by atoms with E-state index in [0.29, 0.717) is 43.2 Å². The fourth-order valence-corrected chi connectivity index (χ4v) is 3.75. The molecule has 0 saturated carbocycles. The molecule has 0 unspecified atom stereocenters. The van der Waals surface area contributed by atoms with E-state index < -0.39 is 6.10 Å². The smallest absolute Gasteiger partial charge is 0.222 e. The van der Waals surface area contributed by atoms with Crippen LogP contribution in [0.15, 0.2) is 48.5 Å². The number of rotatable bonds is 9. The fourth-order valence-electron chi connectivity index (χ4n) is 3.75. The average Bonchev–Trinajstić information content (AvgIpc) is 2.78. The van der Waals surface area contributed by atoms with Crippen molar-refractivity contribution in [2.24, 2.45) is 0 Å². The van der Waals surface area contributed by atoms with Crippen molar-refractivity contribution in [3.05, 3.63) is 54.1 Å². The molecule has 2 atom stereocenters. The number of carbonyl (C=O) groups excluding carboxylic acids is 1. The first-order valence-corrected chi connectivity index (χ1v) is 10.5. The standard InChI is InChI=1S/C24H31NO5/c1-28-22-13-12-19(16-23(22)29-2)30-21-14-15-25(17-20(21)26)24(27)11-7-6-10-18-8-4-3-5-9-18/h3-5,8-9,12-13,16,20-21,26H,6-7,10-11,14-15,17H2,1-2H3/t20-,21-/m1/s1. The van der Waals surface area contributed by atoms with Gasteiger partial charge in [0.25, 0.3) is 0 Å². The van der Waals surface area contributed by atoms with Gasteiger partial charge in [-0.3, -0.25) is 4.79 Å². The van der Waals surface area contributed by atoms with Gasteiger partial charge in [-0.25, -0.2) is 0 Å². The molecular weight excluding hydrogens is 382 g/mol. The Hall–Kier alpha value is -2.73. The van der Waals surface area contributed by atoms with Crippen LogP contribution in [0.3, 0.4) is 0 Å². The highest BCUT2D eigenvalue weighted by Gasteiger charge is 2.31. The van der Waals surface area contributed by atoms with E-state index in [0.717, 1.165) is 19.3 Å². The van der Waals surface area contributed by atoms with Crippen LogP contribution in [-0.4, -0.2) is 55.4 Å². The summed E-state index contributed by atoms with van der Waals surface area (Å²) in [5.41, 5.74) is 1.30. The number of hydrogen-bond acceptors (Lipinski definition) is 5. The number of piperidine rings is 1. The van der Waals surface area contributed by atoms with Gasteiger partial charge in [0, 0.05) is 25.5 Å². The first kappa shape index (κ1) is 22.0. The number of nitrogens with zero attached hydrogens (tertiary/aromatic N) is 1. The Bertz CT molecular complexity index is 810. The van der Waals surface area contributed by atoms with Gasteiger partial charge in [-0.05, 0) is 37.0 Å². The normalized spacial score (nSPS) is 18.7. The topological polar surface area (TPSA) is 68.2 Å². The number of methoxy groups -OCH3 is 2. The number of aliphatic hydroxyl groups is 1. The first-order chi connectivity index (χ1) is 14.6. The van der Waals surface area contributed by atoms with E-state index in [9.17, 15) is 9.90 Å². The van der Waals surface area contributed by atoms with E-state index in [1.54, 1.807) is 37.3 Å². The monoisotopic (exact) mass is 413 g/mol. The molecule has 1 saturated heterocycles. The van der Waals surface area contributed by atoms with Gasteiger partial charge in [-0.2, -0.15) is 0 Å². The zero-order chi connectivity index (χ0) is 21.3. The summed E-state index contributed by atoms with van der Waals surface area (Å²) in [4.78, 5) is 14.3. The van der Waals surface area contributed by atoms with Crippen LogP contribution in [0.2, 0.25) is 0 Å². The number of likely N-dealkylation sites (tertiary alicyclic amines) is 1. The van der Waals surface area contributed by atoms with Gasteiger partial charge in [0.1, 0.15) is 18.0 Å². The van der Waals surface area contributed by atoms with Gasteiger partial charge in [0.2, 0.25) is 5.91 Å². The maximum Gasteiger partial charge on any atom is 0.222 e. The highest BCUT2D eigenvalue weighted by Crippen LogP contribution is 2.32. The largest absolute Gasteiger partial charge is 0.493 e. The summed E-state index contributed by atoms with van der Waals surface area (Å²) in [6.07, 6.45) is 2.85. The Balaban J connectivity index is 1.43. The molecule has 0 bridgehead atoms. The van der Waals surface area contributed by atoms with Gasteiger partial charge < -0.3 is 24.2 Å². The third kappa shape index (κ3) is 5.89. The molecule has 2 aromatic carbocycles. The Morgan fingerprint density at radius 3 is 2.53 bits per heavy atom. The molecular formula is C24H31NO5. The number of unbranched alkanes of at least 4 members (excludes halogenated alkanes) is 1. The van der Waals surface area contributed by atoms with E-state index in [4.69, 9.17) is 14.2 Å².